The summed E-state index contributed by atoms with van der Waals surface area (Å²) in [5, 5.41) is 2.30. The van der Waals surface area contributed by atoms with Crippen molar-refractivity contribution in [1.82, 2.24) is 0 Å². The predicted octanol–water partition coefficient (Wildman–Crippen LogP) is 11.7. The van der Waals surface area contributed by atoms with Gasteiger partial charge in [0.25, 0.3) is 0 Å². The zero-order valence-electron chi connectivity index (χ0n) is 25.5. The molecule has 0 unspecified atom stereocenters. The van der Waals surface area contributed by atoms with Crippen LogP contribution in [-0.2, 0) is 10.8 Å². The molecule has 0 fully saturated rings. The Bertz CT molecular complexity index is 2290. The zero-order chi connectivity index (χ0) is 29.8. The van der Waals surface area contributed by atoms with Gasteiger partial charge in [0.1, 0.15) is 5.58 Å². The fourth-order valence-electron chi connectivity index (χ4n) is 8.04. The van der Waals surface area contributed by atoms with E-state index in [2.05, 4.69) is 160 Å². The normalized spacial score (nSPS) is 15.2. The van der Waals surface area contributed by atoms with E-state index in [-0.39, 0.29) is 10.8 Å². The lowest BCUT2D eigenvalue weighted by Gasteiger charge is -2.28. The molecule has 212 valence electrons. The van der Waals surface area contributed by atoms with Crippen LogP contribution in [0.15, 0.2) is 132 Å². The molecule has 0 radical (unpaired) electrons. The van der Waals surface area contributed by atoms with Crippen molar-refractivity contribution in [3.05, 3.63) is 150 Å². The van der Waals surface area contributed by atoms with Crippen LogP contribution in [0.4, 0.5) is 17.1 Å². The minimum Gasteiger partial charge on any atom is -0.453 e. The van der Waals surface area contributed by atoms with Crippen molar-refractivity contribution in [2.45, 2.75) is 38.5 Å². The van der Waals surface area contributed by atoms with Crippen LogP contribution in [0.2, 0.25) is 0 Å². The lowest BCUT2D eigenvalue weighted by Crippen LogP contribution is -2.16. The maximum Gasteiger partial charge on any atom is 0.159 e. The molecule has 7 aromatic rings. The molecule has 6 aromatic carbocycles. The number of nitrogens with zero attached hydrogens (tertiary/aromatic N) is 1. The molecule has 0 N–H and O–H groups in total. The predicted molar refractivity (Wildman–Crippen MR) is 184 cm³/mol. The van der Waals surface area contributed by atoms with Crippen molar-refractivity contribution in [2.24, 2.45) is 0 Å². The van der Waals surface area contributed by atoms with Crippen molar-refractivity contribution >= 4 is 39.0 Å². The Morgan fingerprint density at radius 3 is 1.89 bits per heavy atom. The van der Waals surface area contributed by atoms with Gasteiger partial charge in [0.05, 0.1) is 5.69 Å². The summed E-state index contributed by atoms with van der Waals surface area (Å²) >= 11 is 0. The molecule has 2 aliphatic carbocycles. The smallest absolute Gasteiger partial charge is 0.159 e. The van der Waals surface area contributed by atoms with Gasteiger partial charge in [-0.3, -0.25) is 0 Å². The second-order valence-electron chi connectivity index (χ2n) is 13.4. The molecule has 9 rings (SSSR count). The van der Waals surface area contributed by atoms with E-state index in [1.807, 2.05) is 0 Å². The number of para-hydroxylation sites is 2. The molecule has 1 aromatic heterocycles. The summed E-state index contributed by atoms with van der Waals surface area (Å²) in [4.78, 5) is 2.36. The second-order valence-corrected chi connectivity index (χ2v) is 13.4. The first-order valence-electron chi connectivity index (χ1n) is 15.5. The Hall–Kier alpha value is -5.08. The van der Waals surface area contributed by atoms with Crippen molar-refractivity contribution in [2.75, 3.05) is 4.90 Å². The van der Waals surface area contributed by atoms with Crippen LogP contribution in [0, 0.1) is 0 Å². The van der Waals surface area contributed by atoms with E-state index in [0.29, 0.717) is 0 Å². The average molecular weight is 568 g/mol. The van der Waals surface area contributed by atoms with Gasteiger partial charge < -0.3 is 9.32 Å². The lowest BCUT2D eigenvalue weighted by molar-refractivity contribution is 0.653. The van der Waals surface area contributed by atoms with E-state index < -0.39 is 0 Å². The van der Waals surface area contributed by atoms with Crippen molar-refractivity contribution in [3.63, 3.8) is 0 Å². The molecule has 0 spiro atoms. The SMILES string of the molecule is CC1(C)c2ccccc2-c2ccc(N(c3ccccc3)c3cccc4c3oc3c5c(ccc34)C(C)(C)c3ccccc3-5)cc21. The van der Waals surface area contributed by atoms with Gasteiger partial charge in [-0.25, -0.2) is 0 Å². The largest absolute Gasteiger partial charge is 0.453 e. The van der Waals surface area contributed by atoms with Gasteiger partial charge in [-0.2, -0.15) is 0 Å². The summed E-state index contributed by atoms with van der Waals surface area (Å²) in [5.41, 5.74) is 15.6. The Balaban J connectivity index is 1.30. The van der Waals surface area contributed by atoms with Gasteiger partial charge in [-0.1, -0.05) is 125 Å². The van der Waals surface area contributed by atoms with Gasteiger partial charge in [0, 0.05) is 38.5 Å². The topological polar surface area (TPSA) is 16.4 Å². The monoisotopic (exact) mass is 567 g/mol. The molecular weight excluding hydrogens is 534 g/mol. The Morgan fingerprint density at radius 1 is 0.455 bits per heavy atom. The fraction of sp³-hybridized carbons (Fsp3) is 0.143. The number of furan rings is 1. The minimum atomic E-state index is -0.0869. The molecule has 0 amide bonds. The van der Waals surface area contributed by atoms with Crippen LogP contribution in [0.5, 0.6) is 0 Å². The van der Waals surface area contributed by atoms with Crippen LogP contribution in [0.25, 0.3) is 44.2 Å². The van der Waals surface area contributed by atoms with Crippen LogP contribution in [0.1, 0.15) is 49.9 Å². The Morgan fingerprint density at radius 2 is 1.09 bits per heavy atom. The van der Waals surface area contributed by atoms with Gasteiger partial charge >= 0.3 is 0 Å². The van der Waals surface area contributed by atoms with E-state index >= 15 is 0 Å². The summed E-state index contributed by atoms with van der Waals surface area (Å²) in [5.74, 6) is 0. The lowest BCUT2D eigenvalue weighted by atomic mass is 9.82. The van der Waals surface area contributed by atoms with E-state index in [1.165, 1.54) is 44.5 Å². The Labute approximate surface area is 258 Å². The quantitative estimate of drug-likeness (QED) is 0.211. The molecule has 0 bridgehead atoms. The number of fused-ring (bicyclic) bond motifs is 10. The third-order valence-electron chi connectivity index (χ3n) is 10.3. The van der Waals surface area contributed by atoms with Crippen LogP contribution >= 0.6 is 0 Å². The summed E-state index contributed by atoms with van der Waals surface area (Å²) < 4.78 is 7.04. The number of hydrogen-bond donors (Lipinski definition) is 0. The third-order valence-corrected chi connectivity index (χ3v) is 10.3. The Kier molecular flexibility index (Phi) is 5.05. The zero-order valence-corrected chi connectivity index (χ0v) is 25.5. The summed E-state index contributed by atoms with van der Waals surface area (Å²) in [6.45, 7) is 9.33. The number of benzene rings is 6. The van der Waals surface area contributed by atoms with Crippen LogP contribution < -0.4 is 4.90 Å². The molecule has 2 heteroatoms. The molecular formula is C42H33NO. The summed E-state index contributed by atoms with van der Waals surface area (Å²) in [6.07, 6.45) is 0. The van der Waals surface area contributed by atoms with Gasteiger partial charge in [-0.05, 0) is 69.3 Å². The minimum absolute atomic E-state index is 0.0766. The van der Waals surface area contributed by atoms with Crippen molar-refractivity contribution < 1.29 is 4.42 Å². The van der Waals surface area contributed by atoms with Crippen LogP contribution in [0.3, 0.4) is 0 Å². The first-order valence-corrected chi connectivity index (χ1v) is 15.5. The highest BCUT2D eigenvalue weighted by molar-refractivity contribution is 6.15. The summed E-state index contributed by atoms with van der Waals surface area (Å²) in [7, 11) is 0. The molecule has 0 saturated carbocycles. The standard InChI is InChI=1S/C42H33NO/c1-41(2)34-19-11-9-16-32(34)38-35(41)24-23-31-30-17-12-20-37(39(30)44-40(31)38)43(26-13-6-5-7-14-26)27-21-22-29-28-15-8-10-18-33(28)42(3,4)36(29)25-27/h5-25H,1-4H3. The molecule has 2 aliphatic rings. The number of hydrogen-bond acceptors (Lipinski definition) is 2. The van der Waals surface area contributed by atoms with E-state index in [4.69, 9.17) is 4.42 Å². The third kappa shape index (κ3) is 3.26. The van der Waals surface area contributed by atoms with Gasteiger partial charge in [0.15, 0.2) is 5.58 Å². The maximum absolute atomic E-state index is 7.04. The molecule has 1 heterocycles. The summed E-state index contributed by atoms with van der Waals surface area (Å²) in [6, 6.07) is 46.4. The van der Waals surface area contributed by atoms with Crippen molar-refractivity contribution in [3.8, 4) is 22.3 Å². The van der Waals surface area contributed by atoms with Crippen molar-refractivity contribution in [1.29, 1.82) is 0 Å². The molecule has 0 saturated heterocycles. The number of anilines is 3. The molecule has 0 atom stereocenters. The maximum atomic E-state index is 7.04. The second kappa shape index (κ2) is 8.74. The fourth-order valence-corrected chi connectivity index (χ4v) is 8.04. The molecule has 0 aliphatic heterocycles. The van der Waals surface area contributed by atoms with E-state index in [1.54, 1.807) is 0 Å². The first kappa shape index (κ1) is 25.4. The number of rotatable bonds is 3. The average Bonchev–Trinajstić information content (AvgIpc) is 3.62. The van der Waals surface area contributed by atoms with E-state index in [0.717, 1.165) is 39.0 Å². The van der Waals surface area contributed by atoms with Gasteiger partial charge in [0.2, 0.25) is 0 Å². The first-order chi connectivity index (χ1) is 21.4. The highest BCUT2D eigenvalue weighted by atomic mass is 16.3. The molecule has 2 nitrogen and oxygen atoms in total. The molecule has 44 heavy (non-hydrogen) atoms. The van der Waals surface area contributed by atoms with Crippen LogP contribution in [-0.4, -0.2) is 0 Å². The van der Waals surface area contributed by atoms with Gasteiger partial charge in [-0.15, -0.1) is 0 Å². The highest BCUT2D eigenvalue weighted by Gasteiger charge is 2.38. The van der Waals surface area contributed by atoms with E-state index in [9.17, 15) is 0 Å². The highest BCUT2D eigenvalue weighted by Crippen LogP contribution is 2.54.